The van der Waals surface area contributed by atoms with Crippen LogP contribution < -0.4 is 5.32 Å². The monoisotopic (exact) mass is 238 g/mol. The summed E-state index contributed by atoms with van der Waals surface area (Å²) in [4.78, 5) is 4.24. The second-order valence-electron chi connectivity index (χ2n) is 4.88. The van der Waals surface area contributed by atoms with Crippen LogP contribution in [0.4, 0.5) is 5.82 Å². The molecule has 1 aliphatic carbocycles. The molecule has 3 heteroatoms. The highest BCUT2D eigenvalue weighted by Crippen LogP contribution is 2.28. The number of nitrogens with one attached hydrogen (secondary N) is 1. The summed E-state index contributed by atoms with van der Waals surface area (Å²) in [7, 11) is 0. The molecular formula is C13H19ClN2. The Morgan fingerprint density at radius 3 is 3.00 bits per heavy atom. The quantitative estimate of drug-likeness (QED) is 0.862. The molecule has 2 rings (SSSR count). The van der Waals surface area contributed by atoms with Gasteiger partial charge in [0, 0.05) is 12.7 Å². The molecule has 1 N–H and O–H groups in total. The van der Waals surface area contributed by atoms with E-state index in [0.717, 1.165) is 24.2 Å². The lowest BCUT2D eigenvalue weighted by Gasteiger charge is -2.26. The van der Waals surface area contributed by atoms with Crippen molar-refractivity contribution in [3.8, 4) is 0 Å². The van der Waals surface area contributed by atoms with Gasteiger partial charge >= 0.3 is 0 Å². The first-order chi connectivity index (χ1) is 7.74. The van der Waals surface area contributed by atoms with Crippen LogP contribution in [0.25, 0.3) is 0 Å². The van der Waals surface area contributed by atoms with Gasteiger partial charge in [-0.25, -0.2) is 4.98 Å². The first-order valence-electron chi connectivity index (χ1n) is 6.09. The molecule has 1 aliphatic rings. The Morgan fingerprint density at radius 1 is 1.44 bits per heavy atom. The number of pyridine rings is 1. The van der Waals surface area contributed by atoms with Crippen LogP contribution in [0, 0.1) is 11.8 Å². The van der Waals surface area contributed by atoms with Gasteiger partial charge in [0.15, 0.2) is 0 Å². The Bertz CT molecular complexity index is 323. The van der Waals surface area contributed by atoms with Gasteiger partial charge in [-0.2, -0.15) is 0 Å². The van der Waals surface area contributed by atoms with Crippen LogP contribution in [0.2, 0.25) is 5.02 Å². The van der Waals surface area contributed by atoms with Gasteiger partial charge in [-0.15, -0.1) is 0 Å². The largest absolute Gasteiger partial charge is 0.370 e. The minimum atomic E-state index is 0.692. The number of nitrogens with zero attached hydrogens (tertiary/aromatic N) is 1. The highest BCUT2D eigenvalue weighted by atomic mass is 35.5. The maximum absolute atomic E-state index is 5.79. The molecule has 16 heavy (non-hydrogen) atoms. The van der Waals surface area contributed by atoms with Gasteiger partial charge in [0.25, 0.3) is 0 Å². The summed E-state index contributed by atoms with van der Waals surface area (Å²) in [5, 5.41) is 4.08. The average molecular weight is 239 g/mol. The number of hydrogen-bond donors (Lipinski definition) is 1. The smallest absolute Gasteiger partial charge is 0.125 e. The molecule has 2 unspecified atom stereocenters. The molecule has 1 aromatic heterocycles. The zero-order valence-corrected chi connectivity index (χ0v) is 10.5. The number of aromatic nitrogens is 1. The zero-order chi connectivity index (χ0) is 11.4. The minimum absolute atomic E-state index is 0.692. The molecule has 1 heterocycles. The van der Waals surface area contributed by atoms with Crippen molar-refractivity contribution in [3.63, 3.8) is 0 Å². The first kappa shape index (κ1) is 11.7. The SMILES string of the molecule is CC1CCCC(CNc2ccc(Cl)cn2)C1. The van der Waals surface area contributed by atoms with Crippen LogP contribution in [0.5, 0.6) is 0 Å². The van der Waals surface area contributed by atoms with E-state index in [1.807, 2.05) is 12.1 Å². The van der Waals surface area contributed by atoms with E-state index in [9.17, 15) is 0 Å². The van der Waals surface area contributed by atoms with Crippen LogP contribution in [-0.4, -0.2) is 11.5 Å². The van der Waals surface area contributed by atoms with Gasteiger partial charge in [0.1, 0.15) is 5.82 Å². The predicted octanol–water partition coefficient (Wildman–Crippen LogP) is 3.97. The molecule has 0 aliphatic heterocycles. The summed E-state index contributed by atoms with van der Waals surface area (Å²) >= 11 is 5.79. The second kappa shape index (κ2) is 5.53. The molecule has 2 nitrogen and oxygen atoms in total. The lowest BCUT2D eigenvalue weighted by atomic mass is 9.82. The standard InChI is InChI=1S/C13H19ClN2/c1-10-3-2-4-11(7-10)8-15-13-6-5-12(14)9-16-13/h5-6,9-11H,2-4,7-8H2,1H3,(H,15,16). The molecule has 1 fully saturated rings. The third-order valence-corrected chi connectivity index (χ3v) is 3.57. The molecule has 1 aromatic rings. The van der Waals surface area contributed by atoms with Crippen molar-refractivity contribution in [2.24, 2.45) is 11.8 Å². The molecule has 0 saturated heterocycles. The van der Waals surface area contributed by atoms with E-state index in [1.165, 1.54) is 25.7 Å². The van der Waals surface area contributed by atoms with Crippen molar-refractivity contribution in [2.75, 3.05) is 11.9 Å². The van der Waals surface area contributed by atoms with E-state index in [1.54, 1.807) is 6.20 Å². The predicted molar refractivity (Wildman–Crippen MR) is 68.9 cm³/mol. The van der Waals surface area contributed by atoms with Gasteiger partial charge in [0.2, 0.25) is 0 Å². The van der Waals surface area contributed by atoms with E-state index < -0.39 is 0 Å². The van der Waals surface area contributed by atoms with E-state index >= 15 is 0 Å². The highest BCUT2D eigenvalue weighted by molar-refractivity contribution is 6.30. The summed E-state index contributed by atoms with van der Waals surface area (Å²) in [6, 6.07) is 3.81. The average Bonchev–Trinajstić information content (AvgIpc) is 2.28. The molecule has 0 amide bonds. The van der Waals surface area contributed by atoms with Crippen LogP contribution in [0.3, 0.4) is 0 Å². The molecule has 0 radical (unpaired) electrons. The maximum atomic E-state index is 5.79. The van der Waals surface area contributed by atoms with E-state index in [2.05, 4.69) is 17.2 Å². The Labute approximate surface area is 102 Å². The summed E-state index contributed by atoms with van der Waals surface area (Å²) in [6.07, 6.45) is 7.16. The highest BCUT2D eigenvalue weighted by Gasteiger charge is 2.18. The number of halogens is 1. The zero-order valence-electron chi connectivity index (χ0n) is 9.75. The van der Waals surface area contributed by atoms with Crippen LogP contribution in [0.1, 0.15) is 32.6 Å². The Balaban J connectivity index is 1.80. The third-order valence-electron chi connectivity index (χ3n) is 3.34. The number of hydrogen-bond acceptors (Lipinski definition) is 2. The molecule has 0 bridgehead atoms. The van der Waals surface area contributed by atoms with Crippen molar-refractivity contribution in [1.82, 2.24) is 4.98 Å². The minimum Gasteiger partial charge on any atom is -0.370 e. The molecule has 1 saturated carbocycles. The molecular weight excluding hydrogens is 220 g/mol. The molecule has 0 spiro atoms. The Hall–Kier alpha value is -0.760. The molecule has 88 valence electrons. The van der Waals surface area contributed by atoms with Crippen LogP contribution >= 0.6 is 11.6 Å². The van der Waals surface area contributed by atoms with Gasteiger partial charge < -0.3 is 5.32 Å². The lowest BCUT2D eigenvalue weighted by Crippen LogP contribution is -2.21. The molecule has 0 aromatic carbocycles. The van der Waals surface area contributed by atoms with Gasteiger partial charge in [-0.05, 0) is 36.8 Å². The van der Waals surface area contributed by atoms with Gasteiger partial charge in [-0.3, -0.25) is 0 Å². The fourth-order valence-corrected chi connectivity index (χ4v) is 2.59. The topological polar surface area (TPSA) is 24.9 Å². The normalized spacial score (nSPS) is 25.4. The first-order valence-corrected chi connectivity index (χ1v) is 6.47. The fraction of sp³-hybridized carbons (Fsp3) is 0.615. The van der Waals surface area contributed by atoms with Crippen molar-refractivity contribution in [1.29, 1.82) is 0 Å². The van der Waals surface area contributed by atoms with Gasteiger partial charge in [0.05, 0.1) is 5.02 Å². The summed E-state index contributed by atoms with van der Waals surface area (Å²) in [5.41, 5.74) is 0. The lowest BCUT2D eigenvalue weighted by molar-refractivity contribution is 0.293. The second-order valence-corrected chi connectivity index (χ2v) is 5.32. The summed E-state index contributed by atoms with van der Waals surface area (Å²) in [5.74, 6) is 2.63. The number of rotatable bonds is 3. The van der Waals surface area contributed by atoms with Crippen LogP contribution in [-0.2, 0) is 0 Å². The fourth-order valence-electron chi connectivity index (χ4n) is 2.47. The van der Waals surface area contributed by atoms with E-state index in [-0.39, 0.29) is 0 Å². The van der Waals surface area contributed by atoms with Crippen molar-refractivity contribution >= 4 is 17.4 Å². The number of anilines is 1. The Kier molecular flexibility index (Phi) is 4.05. The van der Waals surface area contributed by atoms with Gasteiger partial charge in [-0.1, -0.05) is 31.4 Å². The maximum Gasteiger partial charge on any atom is 0.125 e. The molecule has 2 atom stereocenters. The van der Waals surface area contributed by atoms with Crippen molar-refractivity contribution in [3.05, 3.63) is 23.4 Å². The third kappa shape index (κ3) is 3.38. The summed E-state index contributed by atoms with van der Waals surface area (Å²) < 4.78 is 0. The van der Waals surface area contributed by atoms with Crippen LogP contribution in [0.15, 0.2) is 18.3 Å². The Morgan fingerprint density at radius 2 is 2.31 bits per heavy atom. The van der Waals surface area contributed by atoms with Crippen molar-refractivity contribution in [2.45, 2.75) is 32.6 Å². The van der Waals surface area contributed by atoms with Crippen molar-refractivity contribution < 1.29 is 0 Å². The van der Waals surface area contributed by atoms with E-state index in [0.29, 0.717) is 5.02 Å². The summed E-state index contributed by atoms with van der Waals surface area (Å²) in [6.45, 7) is 3.39. The van der Waals surface area contributed by atoms with E-state index in [4.69, 9.17) is 11.6 Å².